The third kappa shape index (κ3) is 2.24. The maximum Gasteiger partial charge on any atom is 0.129 e. The van der Waals surface area contributed by atoms with Crippen molar-refractivity contribution in [3.8, 4) is 0 Å². The molecule has 3 heteroatoms. The topological polar surface area (TPSA) is 36.4 Å². The maximum atomic E-state index is 8.98. The molecule has 1 aliphatic carbocycles. The van der Waals surface area contributed by atoms with Crippen molar-refractivity contribution in [2.24, 2.45) is 0 Å². The van der Waals surface area contributed by atoms with Crippen LogP contribution in [0.5, 0.6) is 0 Å². The zero-order valence-corrected chi connectivity index (χ0v) is 10.9. The summed E-state index contributed by atoms with van der Waals surface area (Å²) >= 11 is 0. The van der Waals surface area contributed by atoms with Gasteiger partial charge in [-0.05, 0) is 56.6 Å². The van der Waals surface area contributed by atoms with Gasteiger partial charge in [-0.3, -0.25) is 0 Å². The van der Waals surface area contributed by atoms with Crippen molar-refractivity contribution in [1.29, 1.82) is 0 Å². The van der Waals surface area contributed by atoms with Crippen LogP contribution in [0.1, 0.15) is 43.4 Å². The van der Waals surface area contributed by atoms with Gasteiger partial charge in [0.1, 0.15) is 5.82 Å². The van der Waals surface area contributed by atoms with Crippen LogP contribution in [0.2, 0.25) is 0 Å². The average Bonchev–Trinajstić information content (AvgIpc) is 3.03. The minimum absolute atomic E-state index is 0.307. The van der Waals surface area contributed by atoms with Crippen LogP contribution in [0.3, 0.4) is 0 Å². The molecule has 1 unspecified atom stereocenters. The van der Waals surface area contributed by atoms with Gasteiger partial charge in [0.15, 0.2) is 0 Å². The second-order valence-corrected chi connectivity index (χ2v) is 5.48. The van der Waals surface area contributed by atoms with E-state index >= 15 is 0 Å². The fourth-order valence-corrected chi connectivity index (χ4v) is 3.33. The molecule has 1 N–H and O–H groups in total. The lowest BCUT2D eigenvalue weighted by atomic mass is 10.1. The largest absolute Gasteiger partial charge is 0.396 e. The van der Waals surface area contributed by atoms with E-state index in [2.05, 4.69) is 17.0 Å². The van der Waals surface area contributed by atoms with Crippen LogP contribution in [0.25, 0.3) is 0 Å². The first kappa shape index (κ1) is 12.0. The van der Waals surface area contributed by atoms with E-state index in [-0.39, 0.29) is 0 Å². The van der Waals surface area contributed by atoms with Crippen LogP contribution in [0.15, 0.2) is 12.1 Å². The van der Waals surface area contributed by atoms with Gasteiger partial charge in [-0.1, -0.05) is 6.07 Å². The number of aliphatic hydroxyl groups excluding tert-OH is 1. The van der Waals surface area contributed by atoms with E-state index in [1.807, 2.05) is 0 Å². The average molecular weight is 246 g/mol. The van der Waals surface area contributed by atoms with Gasteiger partial charge in [0, 0.05) is 24.9 Å². The zero-order chi connectivity index (χ0) is 12.4. The van der Waals surface area contributed by atoms with E-state index in [4.69, 9.17) is 10.1 Å². The summed E-state index contributed by atoms with van der Waals surface area (Å²) in [5, 5.41) is 8.98. The van der Waals surface area contributed by atoms with Gasteiger partial charge in [0.2, 0.25) is 0 Å². The number of rotatable bonds is 4. The van der Waals surface area contributed by atoms with Crippen molar-refractivity contribution in [3.63, 3.8) is 0 Å². The zero-order valence-electron chi connectivity index (χ0n) is 10.9. The molecule has 98 valence electrons. The monoisotopic (exact) mass is 246 g/mol. The van der Waals surface area contributed by atoms with Gasteiger partial charge in [-0.2, -0.15) is 0 Å². The van der Waals surface area contributed by atoms with Crippen LogP contribution in [0.4, 0.5) is 5.82 Å². The molecule has 3 nitrogen and oxygen atoms in total. The number of aliphatic hydroxyl groups is 1. The van der Waals surface area contributed by atoms with Crippen LogP contribution in [-0.4, -0.2) is 29.3 Å². The number of nitrogens with zero attached hydrogens (tertiary/aromatic N) is 2. The van der Waals surface area contributed by atoms with Gasteiger partial charge in [-0.15, -0.1) is 0 Å². The van der Waals surface area contributed by atoms with E-state index in [0.717, 1.165) is 31.6 Å². The molecule has 0 aromatic carbocycles. The molecule has 0 radical (unpaired) electrons. The Balaban J connectivity index is 1.76. The Morgan fingerprint density at radius 3 is 3.11 bits per heavy atom. The Morgan fingerprint density at radius 2 is 2.22 bits per heavy atom. The molecule has 18 heavy (non-hydrogen) atoms. The maximum absolute atomic E-state index is 8.98. The van der Waals surface area contributed by atoms with Gasteiger partial charge in [-0.25, -0.2) is 4.98 Å². The Bertz CT molecular complexity index is 419. The third-order valence-corrected chi connectivity index (χ3v) is 4.28. The van der Waals surface area contributed by atoms with E-state index < -0.39 is 0 Å². The standard InChI is InChI=1S/C15H22N2O/c18-11-3-6-13-5-2-10-17(13)15-9-8-12-4-1-7-14(12)16-15/h8-9,13,18H,1-7,10-11H2. The first-order valence-corrected chi connectivity index (χ1v) is 7.25. The quantitative estimate of drug-likeness (QED) is 0.885. The first-order chi connectivity index (χ1) is 8.88. The highest BCUT2D eigenvalue weighted by Gasteiger charge is 2.26. The van der Waals surface area contributed by atoms with E-state index in [1.54, 1.807) is 0 Å². The summed E-state index contributed by atoms with van der Waals surface area (Å²) in [5.74, 6) is 1.16. The van der Waals surface area contributed by atoms with E-state index in [0.29, 0.717) is 12.6 Å². The summed E-state index contributed by atoms with van der Waals surface area (Å²) in [6.45, 7) is 1.43. The molecule has 1 saturated heterocycles. The van der Waals surface area contributed by atoms with Crippen LogP contribution in [0, 0.1) is 0 Å². The van der Waals surface area contributed by atoms with Gasteiger partial charge in [0.05, 0.1) is 0 Å². The summed E-state index contributed by atoms with van der Waals surface area (Å²) in [6.07, 6.45) is 8.13. The highest BCUT2D eigenvalue weighted by molar-refractivity contribution is 5.45. The first-order valence-electron chi connectivity index (χ1n) is 7.25. The Labute approximate surface area is 109 Å². The molecule has 2 aliphatic rings. The smallest absolute Gasteiger partial charge is 0.129 e. The van der Waals surface area contributed by atoms with Crippen LogP contribution >= 0.6 is 0 Å². The fraction of sp³-hybridized carbons (Fsp3) is 0.667. The molecule has 1 fully saturated rings. The highest BCUT2D eigenvalue weighted by atomic mass is 16.2. The van der Waals surface area contributed by atoms with Gasteiger partial charge < -0.3 is 10.0 Å². The molecular weight excluding hydrogens is 224 g/mol. The predicted octanol–water partition coefficient (Wildman–Crippen LogP) is 2.31. The lowest BCUT2D eigenvalue weighted by molar-refractivity contribution is 0.279. The minimum atomic E-state index is 0.307. The number of anilines is 1. The van der Waals surface area contributed by atoms with Gasteiger partial charge >= 0.3 is 0 Å². The van der Waals surface area contributed by atoms with Crippen molar-refractivity contribution >= 4 is 5.82 Å². The summed E-state index contributed by atoms with van der Waals surface area (Å²) in [7, 11) is 0. The predicted molar refractivity (Wildman–Crippen MR) is 72.9 cm³/mol. The molecule has 1 atom stereocenters. The molecule has 3 rings (SSSR count). The number of hydrogen-bond donors (Lipinski definition) is 1. The van der Waals surface area contributed by atoms with E-state index in [1.165, 1.54) is 36.9 Å². The number of fused-ring (bicyclic) bond motifs is 1. The molecular formula is C15H22N2O. The molecule has 0 saturated carbocycles. The molecule has 0 amide bonds. The third-order valence-electron chi connectivity index (χ3n) is 4.28. The Kier molecular flexibility index (Phi) is 3.50. The Morgan fingerprint density at radius 1 is 1.28 bits per heavy atom. The second-order valence-electron chi connectivity index (χ2n) is 5.48. The molecule has 1 aromatic rings. The van der Waals surface area contributed by atoms with Gasteiger partial charge in [0.25, 0.3) is 0 Å². The molecule has 1 aromatic heterocycles. The normalized spacial score (nSPS) is 22.5. The molecule has 0 bridgehead atoms. The number of pyridine rings is 1. The SMILES string of the molecule is OCCCC1CCCN1c1ccc2c(n1)CCC2. The number of hydrogen-bond acceptors (Lipinski definition) is 3. The molecule has 1 aliphatic heterocycles. The van der Waals surface area contributed by atoms with Crippen LogP contribution < -0.4 is 4.90 Å². The molecule has 0 spiro atoms. The molecule has 2 heterocycles. The summed E-state index contributed by atoms with van der Waals surface area (Å²) in [6, 6.07) is 5.05. The van der Waals surface area contributed by atoms with Crippen molar-refractivity contribution < 1.29 is 5.11 Å². The van der Waals surface area contributed by atoms with Crippen molar-refractivity contribution in [1.82, 2.24) is 4.98 Å². The van der Waals surface area contributed by atoms with Crippen LogP contribution in [-0.2, 0) is 12.8 Å². The van der Waals surface area contributed by atoms with Crippen molar-refractivity contribution in [2.45, 2.75) is 51.0 Å². The lowest BCUT2D eigenvalue weighted by Crippen LogP contribution is -2.30. The number of aryl methyl sites for hydroxylation is 2. The second kappa shape index (κ2) is 5.27. The lowest BCUT2D eigenvalue weighted by Gasteiger charge is -2.26. The van der Waals surface area contributed by atoms with Crippen molar-refractivity contribution in [2.75, 3.05) is 18.1 Å². The fourth-order valence-electron chi connectivity index (χ4n) is 3.33. The summed E-state index contributed by atoms with van der Waals surface area (Å²) < 4.78 is 0. The number of aromatic nitrogens is 1. The summed E-state index contributed by atoms with van der Waals surface area (Å²) in [4.78, 5) is 7.31. The highest BCUT2D eigenvalue weighted by Crippen LogP contribution is 2.29. The van der Waals surface area contributed by atoms with E-state index in [9.17, 15) is 0 Å². The van der Waals surface area contributed by atoms with Crippen molar-refractivity contribution in [3.05, 3.63) is 23.4 Å². The minimum Gasteiger partial charge on any atom is -0.396 e. The summed E-state index contributed by atoms with van der Waals surface area (Å²) in [5.41, 5.74) is 2.77. The Hall–Kier alpha value is -1.09.